The third kappa shape index (κ3) is 1.83. The maximum atomic E-state index is 5.17. The van der Waals surface area contributed by atoms with Crippen LogP contribution >= 0.6 is 0 Å². The first-order valence-corrected chi connectivity index (χ1v) is 5.25. The molecule has 0 bridgehead atoms. The number of aromatic nitrogens is 2. The van der Waals surface area contributed by atoms with Crippen molar-refractivity contribution in [2.75, 3.05) is 0 Å². The molecule has 0 aromatic carbocycles. The van der Waals surface area contributed by atoms with Crippen LogP contribution in [0.15, 0.2) is 59.7 Å². The standard InChI is InChI=1S/C14H9N2O/c1-3-11(7-15-5-1)13-9-17-10-14(13)12-4-2-6-16-8-12/h1-9H. The monoisotopic (exact) mass is 221 g/mol. The minimum Gasteiger partial charge on any atom is -0.460 e. The topological polar surface area (TPSA) is 38.9 Å². The number of rotatable bonds is 2. The van der Waals surface area contributed by atoms with E-state index in [0.717, 1.165) is 22.3 Å². The summed E-state index contributed by atoms with van der Waals surface area (Å²) >= 11 is 0. The second kappa shape index (κ2) is 4.22. The number of pyridine rings is 2. The molecule has 3 rings (SSSR count). The van der Waals surface area contributed by atoms with Crippen LogP contribution in [0, 0.1) is 6.26 Å². The second-order valence-corrected chi connectivity index (χ2v) is 3.61. The SMILES string of the molecule is [c]1occ(-c2cccnc2)c1-c1cccnc1. The Bertz CT molecular complexity index is 548. The van der Waals surface area contributed by atoms with Gasteiger partial charge in [0.1, 0.15) is 0 Å². The first kappa shape index (κ1) is 9.78. The highest BCUT2D eigenvalue weighted by Gasteiger charge is 2.10. The van der Waals surface area contributed by atoms with Crippen LogP contribution in [0.1, 0.15) is 0 Å². The van der Waals surface area contributed by atoms with Crippen LogP contribution < -0.4 is 0 Å². The molecule has 3 aromatic heterocycles. The smallest absolute Gasteiger partial charge is 0.178 e. The molecule has 17 heavy (non-hydrogen) atoms. The molecule has 3 heteroatoms. The number of nitrogens with zero attached hydrogens (tertiary/aromatic N) is 2. The van der Waals surface area contributed by atoms with Crippen LogP contribution in [0.3, 0.4) is 0 Å². The van der Waals surface area contributed by atoms with Crippen molar-refractivity contribution < 1.29 is 4.42 Å². The Kier molecular flexibility index (Phi) is 2.43. The average Bonchev–Trinajstić information content (AvgIpc) is 2.90. The summed E-state index contributed by atoms with van der Waals surface area (Å²) in [7, 11) is 0. The zero-order valence-electron chi connectivity index (χ0n) is 9.00. The number of furan rings is 1. The summed E-state index contributed by atoms with van der Waals surface area (Å²) in [6, 6.07) is 7.76. The van der Waals surface area contributed by atoms with Crippen molar-refractivity contribution in [2.45, 2.75) is 0 Å². The predicted octanol–water partition coefficient (Wildman–Crippen LogP) is 3.20. The lowest BCUT2D eigenvalue weighted by Gasteiger charge is -2.01. The normalized spacial score (nSPS) is 10.4. The van der Waals surface area contributed by atoms with Crippen LogP contribution in [-0.4, -0.2) is 9.97 Å². The summed E-state index contributed by atoms with van der Waals surface area (Å²) in [4.78, 5) is 8.20. The van der Waals surface area contributed by atoms with Gasteiger partial charge < -0.3 is 4.42 Å². The van der Waals surface area contributed by atoms with Gasteiger partial charge in [0, 0.05) is 47.0 Å². The molecule has 1 radical (unpaired) electrons. The molecule has 0 spiro atoms. The third-order valence-electron chi connectivity index (χ3n) is 2.53. The van der Waals surface area contributed by atoms with Gasteiger partial charge in [-0.3, -0.25) is 9.97 Å². The molecule has 3 heterocycles. The molecule has 0 saturated heterocycles. The van der Waals surface area contributed by atoms with Gasteiger partial charge in [-0.25, -0.2) is 0 Å². The van der Waals surface area contributed by atoms with Crippen LogP contribution in [0.4, 0.5) is 0 Å². The zero-order valence-corrected chi connectivity index (χ0v) is 9.00. The van der Waals surface area contributed by atoms with Gasteiger partial charge in [-0.05, 0) is 12.1 Å². The van der Waals surface area contributed by atoms with E-state index < -0.39 is 0 Å². The van der Waals surface area contributed by atoms with Crippen molar-refractivity contribution in [3.8, 4) is 22.3 Å². The third-order valence-corrected chi connectivity index (χ3v) is 2.53. The van der Waals surface area contributed by atoms with Crippen molar-refractivity contribution >= 4 is 0 Å². The molecule has 0 amide bonds. The Balaban J connectivity index is 2.13. The van der Waals surface area contributed by atoms with E-state index in [1.165, 1.54) is 0 Å². The minimum atomic E-state index is 0.908. The summed E-state index contributed by atoms with van der Waals surface area (Å²) in [6.07, 6.45) is 11.6. The van der Waals surface area contributed by atoms with Crippen molar-refractivity contribution in [1.29, 1.82) is 0 Å². The lowest BCUT2D eigenvalue weighted by atomic mass is 10.0. The quantitative estimate of drug-likeness (QED) is 0.667. The molecule has 3 nitrogen and oxygen atoms in total. The van der Waals surface area contributed by atoms with E-state index in [-0.39, 0.29) is 0 Å². The van der Waals surface area contributed by atoms with E-state index in [4.69, 9.17) is 4.42 Å². The fraction of sp³-hybridized carbons (Fsp3) is 0. The average molecular weight is 221 g/mol. The molecule has 0 atom stereocenters. The Labute approximate surface area is 98.8 Å². The van der Waals surface area contributed by atoms with Gasteiger partial charge in [0.2, 0.25) is 0 Å². The summed E-state index contributed by atoms with van der Waals surface area (Å²) < 4.78 is 5.17. The Hall–Kier alpha value is -2.42. The lowest BCUT2D eigenvalue weighted by molar-refractivity contribution is 0.560. The van der Waals surface area contributed by atoms with Gasteiger partial charge >= 0.3 is 0 Å². The van der Waals surface area contributed by atoms with Crippen LogP contribution in [0.25, 0.3) is 22.3 Å². The Morgan fingerprint density at radius 1 is 0.941 bits per heavy atom. The molecule has 81 valence electrons. The molecule has 0 N–H and O–H groups in total. The van der Waals surface area contributed by atoms with E-state index in [1.54, 1.807) is 31.1 Å². The van der Waals surface area contributed by atoms with E-state index in [2.05, 4.69) is 16.2 Å². The van der Waals surface area contributed by atoms with Crippen LogP contribution in [-0.2, 0) is 0 Å². The first-order chi connectivity index (χ1) is 8.45. The molecule has 0 saturated carbocycles. The Morgan fingerprint density at radius 3 is 2.29 bits per heavy atom. The maximum absolute atomic E-state index is 5.17. The van der Waals surface area contributed by atoms with Crippen LogP contribution in [0.5, 0.6) is 0 Å². The predicted molar refractivity (Wildman–Crippen MR) is 64.0 cm³/mol. The summed E-state index contributed by atoms with van der Waals surface area (Å²) in [5, 5.41) is 0. The minimum absolute atomic E-state index is 0.908. The molecule has 0 aliphatic heterocycles. The van der Waals surface area contributed by atoms with Gasteiger partial charge in [-0.2, -0.15) is 0 Å². The highest BCUT2D eigenvalue weighted by atomic mass is 16.3. The molecule has 0 fully saturated rings. The summed E-state index contributed by atoms with van der Waals surface area (Å²) in [5.74, 6) is 0. The van der Waals surface area contributed by atoms with Crippen LogP contribution in [0.2, 0.25) is 0 Å². The zero-order chi connectivity index (χ0) is 11.5. The van der Waals surface area contributed by atoms with E-state index in [9.17, 15) is 0 Å². The highest BCUT2D eigenvalue weighted by Crippen LogP contribution is 2.31. The Morgan fingerprint density at radius 2 is 1.65 bits per heavy atom. The lowest BCUT2D eigenvalue weighted by Crippen LogP contribution is -1.82. The molecule has 0 aliphatic carbocycles. The number of hydrogen-bond acceptors (Lipinski definition) is 3. The molecule has 0 unspecified atom stereocenters. The van der Waals surface area contributed by atoms with Gasteiger partial charge in [0.15, 0.2) is 6.26 Å². The summed E-state index contributed by atoms with van der Waals surface area (Å²) in [6.45, 7) is 0. The molecular formula is C14H9N2O. The second-order valence-electron chi connectivity index (χ2n) is 3.61. The fourth-order valence-corrected chi connectivity index (χ4v) is 1.72. The first-order valence-electron chi connectivity index (χ1n) is 5.25. The molecule has 3 aromatic rings. The van der Waals surface area contributed by atoms with E-state index in [0.29, 0.717) is 0 Å². The van der Waals surface area contributed by atoms with Crippen molar-refractivity contribution in [3.05, 3.63) is 61.6 Å². The molecular weight excluding hydrogens is 212 g/mol. The van der Waals surface area contributed by atoms with Gasteiger partial charge in [0.25, 0.3) is 0 Å². The van der Waals surface area contributed by atoms with Gasteiger partial charge in [0.05, 0.1) is 6.26 Å². The summed E-state index contributed by atoms with van der Waals surface area (Å²) in [5.41, 5.74) is 3.88. The molecule has 0 aliphatic rings. The highest BCUT2D eigenvalue weighted by molar-refractivity contribution is 5.81. The maximum Gasteiger partial charge on any atom is 0.178 e. The van der Waals surface area contributed by atoms with Crippen molar-refractivity contribution in [2.24, 2.45) is 0 Å². The van der Waals surface area contributed by atoms with Gasteiger partial charge in [-0.1, -0.05) is 12.1 Å². The van der Waals surface area contributed by atoms with Crippen molar-refractivity contribution in [3.63, 3.8) is 0 Å². The van der Waals surface area contributed by atoms with E-state index >= 15 is 0 Å². The largest absolute Gasteiger partial charge is 0.460 e. The number of hydrogen-bond donors (Lipinski definition) is 0. The van der Waals surface area contributed by atoms with E-state index in [1.807, 2.05) is 24.3 Å². The van der Waals surface area contributed by atoms with Gasteiger partial charge in [-0.15, -0.1) is 0 Å². The van der Waals surface area contributed by atoms with Crippen molar-refractivity contribution in [1.82, 2.24) is 9.97 Å². The fourth-order valence-electron chi connectivity index (χ4n) is 1.72.